The monoisotopic (exact) mass is 422 g/mol. The normalized spacial score (nSPS) is 28.9. The second kappa shape index (κ2) is 7.57. The lowest BCUT2D eigenvalue weighted by atomic mass is 9.64. The number of para-hydroxylation sites is 1. The first-order valence-electron chi connectivity index (χ1n) is 10.6. The average molecular weight is 422 g/mol. The fourth-order valence-corrected chi connectivity index (χ4v) is 5.45. The second-order valence-corrected chi connectivity index (χ2v) is 8.41. The molecule has 7 heteroatoms. The van der Waals surface area contributed by atoms with E-state index < -0.39 is 17.6 Å². The van der Waals surface area contributed by atoms with Crippen LogP contribution in [0.4, 0.5) is 0 Å². The van der Waals surface area contributed by atoms with E-state index in [4.69, 9.17) is 19.9 Å². The molecule has 2 saturated heterocycles. The number of piperidine rings is 1. The number of primary amides is 1. The maximum Gasteiger partial charge on any atom is 0.238 e. The van der Waals surface area contributed by atoms with Crippen LogP contribution in [0.5, 0.6) is 11.5 Å². The van der Waals surface area contributed by atoms with Gasteiger partial charge in [0, 0.05) is 18.9 Å². The van der Waals surface area contributed by atoms with Crippen LogP contribution in [0, 0.1) is 11.8 Å². The molecule has 31 heavy (non-hydrogen) atoms. The Hall–Kier alpha value is -3.06. The number of fused-ring (bicyclic) bond motifs is 2. The molecule has 2 N–H and O–H groups in total. The Labute approximate surface area is 181 Å². The van der Waals surface area contributed by atoms with Gasteiger partial charge in [-0.05, 0) is 35.7 Å². The molecular weight excluding hydrogens is 396 g/mol. The van der Waals surface area contributed by atoms with E-state index in [1.165, 1.54) is 0 Å². The molecule has 5 rings (SSSR count). The molecule has 0 aliphatic carbocycles. The standard InChI is InChI=1S/C24H26N2O5/c1-29-16-8-6-15(7-9-16)10-12-26-23(28)21(22(25)27)20-17-4-2-3-5-19(17)31-24(26)11-13-30-14-18(20)24/h2-9,18,20-21H,10-14H2,1H3,(H2,25,27)/t18-,20+,21+,24-/m1/s1. The third-order valence-electron chi connectivity index (χ3n) is 6.92. The second-order valence-electron chi connectivity index (χ2n) is 8.41. The number of benzene rings is 2. The number of amides is 2. The van der Waals surface area contributed by atoms with Gasteiger partial charge in [-0.3, -0.25) is 9.59 Å². The molecule has 0 radical (unpaired) electrons. The molecule has 0 aromatic heterocycles. The summed E-state index contributed by atoms with van der Waals surface area (Å²) in [6.45, 7) is 1.36. The van der Waals surface area contributed by atoms with Crippen molar-refractivity contribution >= 4 is 11.8 Å². The average Bonchev–Trinajstić information content (AvgIpc) is 2.78. The predicted octanol–water partition coefficient (Wildman–Crippen LogP) is 2.09. The van der Waals surface area contributed by atoms with Crippen LogP contribution in [0.2, 0.25) is 0 Å². The Morgan fingerprint density at radius 1 is 1.23 bits per heavy atom. The van der Waals surface area contributed by atoms with Crippen LogP contribution >= 0.6 is 0 Å². The highest BCUT2D eigenvalue weighted by atomic mass is 16.5. The fourth-order valence-electron chi connectivity index (χ4n) is 5.45. The molecule has 7 nitrogen and oxygen atoms in total. The zero-order valence-electron chi connectivity index (χ0n) is 17.5. The van der Waals surface area contributed by atoms with E-state index in [-0.39, 0.29) is 17.7 Å². The molecule has 0 spiro atoms. The number of carbonyl (C=O) groups is 2. The van der Waals surface area contributed by atoms with Gasteiger partial charge in [0.25, 0.3) is 0 Å². The van der Waals surface area contributed by atoms with Crippen LogP contribution in [0.25, 0.3) is 0 Å². The Morgan fingerprint density at radius 2 is 2.00 bits per heavy atom. The van der Waals surface area contributed by atoms with Gasteiger partial charge in [-0.25, -0.2) is 0 Å². The Morgan fingerprint density at radius 3 is 2.74 bits per heavy atom. The lowest BCUT2D eigenvalue weighted by molar-refractivity contribution is -0.226. The van der Waals surface area contributed by atoms with Crippen LogP contribution in [0.3, 0.4) is 0 Å². The molecule has 0 unspecified atom stereocenters. The van der Waals surface area contributed by atoms with Gasteiger partial charge in [0.1, 0.15) is 17.4 Å². The van der Waals surface area contributed by atoms with E-state index >= 15 is 0 Å². The van der Waals surface area contributed by atoms with Gasteiger partial charge in [-0.1, -0.05) is 30.3 Å². The molecule has 4 atom stereocenters. The number of carbonyl (C=O) groups excluding carboxylic acids is 2. The maximum atomic E-state index is 13.6. The lowest BCUT2D eigenvalue weighted by Gasteiger charge is -2.60. The number of hydrogen-bond acceptors (Lipinski definition) is 5. The summed E-state index contributed by atoms with van der Waals surface area (Å²) in [6, 6.07) is 15.4. The van der Waals surface area contributed by atoms with E-state index in [1.54, 1.807) is 12.0 Å². The molecule has 3 aliphatic rings. The first kappa shape index (κ1) is 19.9. The van der Waals surface area contributed by atoms with E-state index in [2.05, 4.69) is 0 Å². The Kier molecular flexibility index (Phi) is 4.85. The highest BCUT2D eigenvalue weighted by Gasteiger charge is 2.64. The van der Waals surface area contributed by atoms with Crippen LogP contribution in [-0.4, -0.2) is 49.3 Å². The molecule has 162 valence electrons. The fraction of sp³-hybridized carbons (Fsp3) is 0.417. The van der Waals surface area contributed by atoms with Gasteiger partial charge in [0.15, 0.2) is 5.72 Å². The van der Waals surface area contributed by atoms with Crippen LogP contribution in [0.1, 0.15) is 23.5 Å². The zero-order chi connectivity index (χ0) is 21.6. The number of rotatable bonds is 5. The van der Waals surface area contributed by atoms with Gasteiger partial charge in [0.2, 0.25) is 11.8 Å². The van der Waals surface area contributed by atoms with Gasteiger partial charge >= 0.3 is 0 Å². The van der Waals surface area contributed by atoms with Gasteiger partial charge in [0.05, 0.1) is 26.2 Å². The van der Waals surface area contributed by atoms with Crippen LogP contribution in [0.15, 0.2) is 48.5 Å². The first-order chi connectivity index (χ1) is 15.0. The summed E-state index contributed by atoms with van der Waals surface area (Å²) in [6.07, 6.45) is 1.19. The summed E-state index contributed by atoms with van der Waals surface area (Å²) < 4.78 is 17.6. The van der Waals surface area contributed by atoms with Crippen molar-refractivity contribution < 1.29 is 23.8 Å². The largest absolute Gasteiger partial charge is 0.497 e. The summed E-state index contributed by atoms with van der Waals surface area (Å²) in [7, 11) is 1.63. The van der Waals surface area contributed by atoms with Crippen LogP contribution in [-0.2, 0) is 20.7 Å². The zero-order valence-corrected chi connectivity index (χ0v) is 17.5. The molecule has 2 amide bonds. The molecular formula is C24H26N2O5. The Bertz CT molecular complexity index is 1010. The number of nitrogens with zero attached hydrogens (tertiary/aromatic N) is 1. The summed E-state index contributed by atoms with van der Waals surface area (Å²) in [4.78, 5) is 27.9. The molecule has 3 heterocycles. The number of methoxy groups -OCH3 is 1. The summed E-state index contributed by atoms with van der Waals surface area (Å²) in [5, 5.41) is 0. The van der Waals surface area contributed by atoms with Crippen molar-refractivity contribution in [3.05, 3.63) is 59.7 Å². The Balaban J connectivity index is 1.54. The highest BCUT2D eigenvalue weighted by molar-refractivity contribution is 6.02. The number of nitrogens with two attached hydrogens (primary N) is 1. The van der Waals surface area contributed by atoms with Crippen LogP contribution < -0.4 is 15.2 Å². The topological polar surface area (TPSA) is 91.1 Å². The van der Waals surface area contributed by atoms with Crippen molar-refractivity contribution in [3.8, 4) is 11.5 Å². The van der Waals surface area contributed by atoms with Crippen molar-refractivity contribution in [2.24, 2.45) is 17.6 Å². The van der Waals surface area contributed by atoms with Gasteiger partial charge in [-0.15, -0.1) is 0 Å². The molecule has 0 saturated carbocycles. The first-order valence-corrected chi connectivity index (χ1v) is 10.6. The van der Waals surface area contributed by atoms with Crippen molar-refractivity contribution in [1.29, 1.82) is 0 Å². The van der Waals surface area contributed by atoms with E-state index in [0.717, 1.165) is 22.6 Å². The maximum absolute atomic E-state index is 13.6. The minimum absolute atomic E-state index is 0.151. The number of likely N-dealkylation sites (tertiary alicyclic amines) is 1. The van der Waals surface area contributed by atoms with Crippen molar-refractivity contribution in [2.45, 2.75) is 24.5 Å². The third-order valence-corrected chi connectivity index (χ3v) is 6.92. The minimum Gasteiger partial charge on any atom is -0.497 e. The van der Waals surface area contributed by atoms with Crippen molar-refractivity contribution in [2.75, 3.05) is 26.9 Å². The lowest BCUT2D eigenvalue weighted by Crippen LogP contribution is -2.73. The smallest absolute Gasteiger partial charge is 0.238 e. The molecule has 2 bridgehead atoms. The minimum atomic E-state index is -0.930. The molecule has 3 aliphatic heterocycles. The van der Waals surface area contributed by atoms with E-state index in [9.17, 15) is 9.59 Å². The highest BCUT2D eigenvalue weighted by Crippen LogP contribution is 2.56. The summed E-state index contributed by atoms with van der Waals surface area (Å²) in [5.74, 6) is -0.766. The van der Waals surface area contributed by atoms with E-state index in [0.29, 0.717) is 32.6 Å². The SMILES string of the molecule is COc1ccc(CCN2C(=O)[C@H](C(N)=O)[C@H]3c4ccccc4O[C@@]24CCOC[C@H]34)cc1. The molecule has 2 fully saturated rings. The van der Waals surface area contributed by atoms with Gasteiger partial charge < -0.3 is 24.8 Å². The predicted molar refractivity (Wildman–Crippen MR) is 113 cm³/mol. The quantitative estimate of drug-likeness (QED) is 0.745. The third kappa shape index (κ3) is 3.07. The number of hydrogen-bond donors (Lipinski definition) is 1. The van der Waals surface area contributed by atoms with Crippen molar-refractivity contribution in [1.82, 2.24) is 4.90 Å². The molecule has 2 aromatic rings. The summed E-state index contributed by atoms with van der Waals surface area (Å²) >= 11 is 0. The van der Waals surface area contributed by atoms with Gasteiger partial charge in [-0.2, -0.15) is 0 Å². The van der Waals surface area contributed by atoms with Crippen molar-refractivity contribution in [3.63, 3.8) is 0 Å². The molecule has 2 aromatic carbocycles. The number of ether oxygens (including phenoxy) is 3. The summed E-state index contributed by atoms with van der Waals surface area (Å²) in [5.41, 5.74) is 6.90. The van der Waals surface area contributed by atoms with E-state index in [1.807, 2.05) is 48.5 Å².